The normalized spacial score (nSPS) is 16.1. The van der Waals surface area contributed by atoms with Crippen molar-refractivity contribution in [3.63, 3.8) is 0 Å². The highest BCUT2D eigenvalue weighted by Crippen LogP contribution is 2.06. The van der Waals surface area contributed by atoms with Gasteiger partial charge in [-0.15, -0.1) is 0 Å². The average molecular weight is 353 g/mol. The van der Waals surface area contributed by atoms with E-state index in [2.05, 4.69) is 5.32 Å². The van der Waals surface area contributed by atoms with Crippen molar-refractivity contribution in [2.75, 3.05) is 6.54 Å². The van der Waals surface area contributed by atoms with Crippen molar-refractivity contribution in [2.45, 2.75) is 46.0 Å². The zero-order valence-corrected chi connectivity index (χ0v) is 12.2. The van der Waals surface area contributed by atoms with Crippen LogP contribution in [0.2, 0.25) is 0 Å². The van der Waals surface area contributed by atoms with Crippen LogP contribution in [0, 0.1) is 0 Å². The van der Waals surface area contributed by atoms with Crippen LogP contribution in [0.1, 0.15) is 46.0 Å². The van der Waals surface area contributed by atoms with Gasteiger partial charge < -0.3 is 5.32 Å². The molecule has 1 aliphatic rings. The molecule has 1 rings (SSSR count). The molecule has 0 radical (unpaired) electrons. The number of rotatable bonds is 0. The smallest absolute Gasteiger partial charge is 0.356 e. The standard InChI is InChI=1S/C8H15NO.CH4.2H2O4S/c10-8-6-4-2-1-3-5-7-9-8;;2*1-5(2,3)4/h1-7H2,(H,9,10);1H4;2*(H2,1,2,3,4). The summed E-state index contributed by atoms with van der Waals surface area (Å²) in [5.74, 6) is 0.238. The molecule has 1 heterocycles. The second kappa shape index (κ2) is 12.9. The molecule has 1 aliphatic heterocycles. The predicted octanol–water partition coefficient (Wildman–Crippen LogP) is 0.787. The highest BCUT2D eigenvalue weighted by Gasteiger charge is 2.02. The maximum atomic E-state index is 10.9. The van der Waals surface area contributed by atoms with Crippen molar-refractivity contribution in [2.24, 2.45) is 0 Å². The second-order valence-corrected chi connectivity index (χ2v) is 5.55. The number of hydrogen-bond acceptors (Lipinski definition) is 5. The van der Waals surface area contributed by atoms with E-state index in [4.69, 9.17) is 35.0 Å². The largest absolute Gasteiger partial charge is 0.394 e. The summed E-state index contributed by atoms with van der Waals surface area (Å²) in [6, 6.07) is 0. The lowest BCUT2D eigenvalue weighted by molar-refractivity contribution is -0.121. The summed E-state index contributed by atoms with van der Waals surface area (Å²) in [5.41, 5.74) is 0. The molecule has 12 heteroatoms. The minimum absolute atomic E-state index is 0. The van der Waals surface area contributed by atoms with Gasteiger partial charge in [-0.05, 0) is 12.8 Å². The molecule has 0 unspecified atom stereocenters. The lowest BCUT2D eigenvalue weighted by atomic mass is 10.1. The molecule has 0 aromatic rings. The van der Waals surface area contributed by atoms with Gasteiger partial charge in [-0.1, -0.05) is 26.7 Å². The minimum atomic E-state index is -4.67. The average Bonchev–Trinajstić information content (AvgIpc) is 2.26. The van der Waals surface area contributed by atoms with Gasteiger partial charge in [0, 0.05) is 13.0 Å². The van der Waals surface area contributed by atoms with Crippen LogP contribution in [0.15, 0.2) is 0 Å². The van der Waals surface area contributed by atoms with Gasteiger partial charge in [-0.25, -0.2) is 0 Å². The molecule has 0 aliphatic carbocycles. The van der Waals surface area contributed by atoms with Crippen molar-refractivity contribution >= 4 is 26.7 Å². The summed E-state index contributed by atoms with van der Waals surface area (Å²) >= 11 is 0. The molecule has 0 aromatic heterocycles. The molecule has 0 bridgehead atoms. The fourth-order valence-corrected chi connectivity index (χ4v) is 1.26. The van der Waals surface area contributed by atoms with Crippen molar-refractivity contribution in [1.82, 2.24) is 5.32 Å². The van der Waals surface area contributed by atoms with E-state index in [1.54, 1.807) is 0 Å². The number of nitrogens with one attached hydrogen (secondary N) is 1. The van der Waals surface area contributed by atoms with Gasteiger partial charge in [-0.2, -0.15) is 16.8 Å². The molecule has 0 spiro atoms. The third kappa shape index (κ3) is 54.6. The van der Waals surface area contributed by atoms with Crippen molar-refractivity contribution in [3.05, 3.63) is 0 Å². The Bertz CT molecular complexity index is 400. The molecule has 0 aromatic carbocycles. The summed E-state index contributed by atoms with van der Waals surface area (Å²) < 4.78 is 63.2. The first-order valence-electron chi connectivity index (χ1n) is 5.56. The molecular weight excluding hydrogens is 330 g/mol. The van der Waals surface area contributed by atoms with Crippen molar-refractivity contribution in [3.8, 4) is 0 Å². The Kier molecular flexibility index (Phi) is 15.5. The van der Waals surface area contributed by atoms with Crippen LogP contribution in [-0.2, 0) is 25.6 Å². The Morgan fingerprint density at radius 2 is 1.10 bits per heavy atom. The summed E-state index contributed by atoms with van der Waals surface area (Å²) in [7, 11) is -9.33. The number of carbonyl (C=O) groups is 1. The summed E-state index contributed by atoms with van der Waals surface area (Å²) in [6.07, 6.45) is 6.78. The third-order valence-electron chi connectivity index (χ3n) is 1.90. The van der Waals surface area contributed by atoms with Crippen LogP contribution in [0.5, 0.6) is 0 Å². The molecule has 0 atom stereocenters. The summed E-state index contributed by atoms with van der Waals surface area (Å²) in [6.45, 7) is 0.888. The SMILES string of the molecule is C.O=C1CCCCCCCN1.O=S(=O)(O)O.O=S(=O)(O)O. The van der Waals surface area contributed by atoms with Gasteiger partial charge in [0.2, 0.25) is 5.91 Å². The van der Waals surface area contributed by atoms with Gasteiger partial charge in [0.25, 0.3) is 0 Å². The quantitative estimate of drug-likeness (QED) is 0.393. The zero-order chi connectivity index (χ0) is 16.2. The molecule has 1 saturated heterocycles. The Balaban J connectivity index is -0.000000254. The van der Waals surface area contributed by atoms with Gasteiger partial charge in [0.05, 0.1) is 0 Å². The van der Waals surface area contributed by atoms with Crippen LogP contribution in [-0.4, -0.2) is 47.5 Å². The molecule has 10 nitrogen and oxygen atoms in total. The topological polar surface area (TPSA) is 178 Å². The maximum Gasteiger partial charge on any atom is 0.394 e. The predicted molar refractivity (Wildman–Crippen MR) is 75.8 cm³/mol. The molecule has 1 fully saturated rings. The third-order valence-corrected chi connectivity index (χ3v) is 1.90. The van der Waals surface area contributed by atoms with Crippen LogP contribution in [0.25, 0.3) is 0 Å². The summed E-state index contributed by atoms with van der Waals surface area (Å²) in [4.78, 5) is 10.9. The Hall–Kier alpha value is -0.790. The van der Waals surface area contributed by atoms with E-state index in [0.29, 0.717) is 0 Å². The van der Waals surface area contributed by atoms with Crippen LogP contribution in [0.3, 0.4) is 0 Å². The Morgan fingerprint density at radius 1 is 0.762 bits per heavy atom. The van der Waals surface area contributed by atoms with Gasteiger partial charge >= 0.3 is 20.8 Å². The Labute approximate surface area is 125 Å². The first kappa shape index (κ1) is 25.2. The van der Waals surface area contributed by atoms with Crippen molar-refractivity contribution < 1.29 is 39.8 Å². The molecular formula is C9H23NO9S2. The van der Waals surface area contributed by atoms with E-state index in [9.17, 15) is 4.79 Å². The fraction of sp³-hybridized carbons (Fsp3) is 0.889. The van der Waals surface area contributed by atoms with Gasteiger partial charge in [0.1, 0.15) is 0 Å². The van der Waals surface area contributed by atoms with E-state index in [-0.39, 0.29) is 13.3 Å². The van der Waals surface area contributed by atoms with E-state index < -0.39 is 20.8 Å². The van der Waals surface area contributed by atoms with Crippen LogP contribution >= 0.6 is 0 Å². The molecule has 21 heavy (non-hydrogen) atoms. The van der Waals surface area contributed by atoms with Crippen LogP contribution < -0.4 is 5.32 Å². The fourth-order valence-electron chi connectivity index (χ4n) is 1.26. The first-order valence-corrected chi connectivity index (χ1v) is 8.35. The zero-order valence-electron chi connectivity index (χ0n) is 10.6. The van der Waals surface area contributed by atoms with Gasteiger partial charge in [0.15, 0.2) is 0 Å². The van der Waals surface area contributed by atoms with Crippen LogP contribution in [0.4, 0.5) is 0 Å². The highest BCUT2D eigenvalue weighted by atomic mass is 32.3. The minimum Gasteiger partial charge on any atom is -0.356 e. The second-order valence-electron chi connectivity index (χ2n) is 3.76. The van der Waals surface area contributed by atoms with E-state index in [1.807, 2.05) is 0 Å². The monoisotopic (exact) mass is 353 g/mol. The molecule has 1 amide bonds. The maximum absolute atomic E-state index is 10.9. The number of hydrogen-bond donors (Lipinski definition) is 5. The lowest BCUT2D eigenvalue weighted by Crippen LogP contribution is -2.23. The van der Waals surface area contributed by atoms with Crippen molar-refractivity contribution in [1.29, 1.82) is 0 Å². The first-order chi connectivity index (χ1) is 8.89. The Morgan fingerprint density at radius 3 is 1.52 bits per heavy atom. The number of amides is 1. The summed E-state index contributed by atoms with van der Waals surface area (Å²) in [5, 5.41) is 2.89. The molecule has 0 saturated carbocycles. The molecule has 5 N–H and O–H groups in total. The molecule has 130 valence electrons. The number of carbonyl (C=O) groups excluding carboxylic acids is 1. The van der Waals surface area contributed by atoms with E-state index in [0.717, 1.165) is 25.8 Å². The highest BCUT2D eigenvalue weighted by molar-refractivity contribution is 7.80. The lowest BCUT2D eigenvalue weighted by Gasteiger charge is -1.99. The van der Waals surface area contributed by atoms with Gasteiger partial charge in [-0.3, -0.25) is 23.0 Å². The van der Waals surface area contributed by atoms with E-state index >= 15 is 0 Å². The van der Waals surface area contributed by atoms with E-state index in [1.165, 1.54) is 19.3 Å².